The third kappa shape index (κ3) is 3.90. The Balaban J connectivity index is 2.27. The lowest BCUT2D eigenvalue weighted by molar-refractivity contribution is 0.281. The molecule has 0 saturated carbocycles. The highest BCUT2D eigenvalue weighted by molar-refractivity contribution is 7.89. The van der Waals surface area contributed by atoms with Crippen LogP contribution in [0.5, 0.6) is 0 Å². The number of nitrogens with one attached hydrogen (secondary N) is 1. The van der Waals surface area contributed by atoms with E-state index in [1.54, 1.807) is 12.1 Å². The molecule has 0 bridgehead atoms. The van der Waals surface area contributed by atoms with Gasteiger partial charge in [0.15, 0.2) is 0 Å². The molecule has 0 aliphatic carbocycles. The Bertz CT molecular complexity index is 739. The smallest absolute Gasteiger partial charge is 0.242 e. The SMILES string of the molecule is O=S(=O)(NCc1cccnn1)c1cc(CO)c(Cl)cc1Cl. The van der Waals surface area contributed by atoms with E-state index < -0.39 is 10.0 Å². The van der Waals surface area contributed by atoms with Gasteiger partial charge >= 0.3 is 0 Å². The summed E-state index contributed by atoms with van der Waals surface area (Å²) in [5.41, 5.74) is 0.745. The lowest BCUT2D eigenvalue weighted by Gasteiger charge is -2.10. The molecule has 9 heteroatoms. The number of hydrogen-bond donors (Lipinski definition) is 2. The summed E-state index contributed by atoms with van der Waals surface area (Å²) in [5.74, 6) is 0. The number of aliphatic hydroxyl groups excluding tert-OH is 1. The van der Waals surface area contributed by atoms with Crippen LogP contribution in [0.1, 0.15) is 11.3 Å². The van der Waals surface area contributed by atoms with Gasteiger partial charge in [-0.1, -0.05) is 23.2 Å². The standard InChI is InChI=1S/C12H11Cl2N3O3S/c13-10-5-11(14)12(4-8(10)7-18)21(19,20)16-6-9-2-1-3-15-17-9/h1-5,16,18H,6-7H2. The predicted octanol–water partition coefficient (Wildman–Crippen LogP) is 1.75. The molecule has 0 spiro atoms. The number of aromatic nitrogens is 2. The van der Waals surface area contributed by atoms with Crippen molar-refractivity contribution in [3.05, 3.63) is 51.8 Å². The van der Waals surface area contributed by atoms with E-state index in [-0.39, 0.29) is 33.7 Å². The first kappa shape index (κ1) is 16.1. The van der Waals surface area contributed by atoms with Crippen LogP contribution in [0.15, 0.2) is 35.4 Å². The van der Waals surface area contributed by atoms with Crippen molar-refractivity contribution >= 4 is 33.2 Å². The highest BCUT2D eigenvalue weighted by Gasteiger charge is 2.20. The molecular formula is C12H11Cl2N3O3S. The van der Waals surface area contributed by atoms with Crippen LogP contribution in [-0.2, 0) is 23.2 Å². The van der Waals surface area contributed by atoms with E-state index in [4.69, 9.17) is 28.3 Å². The van der Waals surface area contributed by atoms with Crippen molar-refractivity contribution in [3.8, 4) is 0 Å². The molecule has 0 unspecified atom stereocenters. The maximum Gasteiger partial charge on any atom is 0.242 e. The second-order valence-corrected chi connectivity index (χ2v) is 6.62. The molecule has 0 atom stereocenters. The zero-order chi connectivity index (χ0) is 15.5. The van der Waals surface area contributed by atoms with Gasteiger partial charge in [0.25, 0.3) is 0 Å². The average Bonchev–Trinajstić information content (AvgIpc) is 2.46. The molecule has 0 saturated heterocycles. The van der Waals surface area contributed by atoms with E-state index in [1.165, 1.54) is 18.3 Å². The minimum atomic E-state index is -3.86. The molecule has 0 amide bonds. The van der Waals surface area contributed by atoms with Crippen LogP contribution in [0.25, 0.3) is 0 Å². The molecule has 0 aliphatic heterocycles. The molecule has 2 aromatic rings. The fourth-order valence-corrected chi connectivity index (χ4v) is 3.43. The fourth-order valence-electron chi connectivity index (χ4n) is 1.57. The van der Waals surface area contributed by atoms with Gasteiger partial charge in [-0.2, -0.15) is 10.2 Å². The lowest BCUT2D eigenvalue weighted by atomic mass is 10.2. The Morgan fingerprint density at radius 3 is 2.62 bits per heavy atom. The fraction of sp³-hybridized carbons (Fsp3) is 0.167. The van der Waals surface area contributed by atoms with Gasteiger partial charge in [0.1, 0.15) is 4.90 Å². The molecule has 1 aromatic heterocycles. The molecule has 6 nitrogen and oxygen atoms in total. The summed E-state index contributed by atoms with van der Waals surface area (Å²) in [6.45, 7) is -0.410. The van der Waals surface area contributed by atoms with Gasteiger partial charge in [-0.25, -0.2) is 13.1 Å². The Morgan fingerprint density at radius 1 is 1.24 bits per heavy atom. The van der Waals surface area contributed by atoms with Crippen molar-refractivity contribution in [2.75, 3.05) is 0 Å². The normalized spacial score (nSPS) is 11.6. The summed E-state index contributed by atoms with van der Waals surface area (Å²) >= 11 is 11.8. The van der Waals surface area contributed by atoms with Crippen LogP contribution in [0.4, 0.5) is 0 Å². The number of sulfonamides is 1. The lowest BCUT2D eigenvalue weighted by Crippen LogP contribution is -2.24. The van der Waals surface area contributed by atoms with Crippen molar-refractivity contribution in [1.82, 2.24) is 14.9 Å². The van der Waals surface area contributed by atoms with Gasteiger partial charge in [0.2, 0.25) is 10.0 Å². The van der Waals surface area contributed by atoms with Crippen molar-refractivity contribution in [3.63, 3.8) is 0 Å². The molecule has 21 heavy (non-hydrogen) atoms. The Kier molecular flexibility index (Phi) is 5.13. The molecule has 2 rings (SSSR count). The van der Waals surface area contributed by atoms with Gasteiger partial charge in [-0.05, 0) is 29.8 Å². The minimum Gasteiger partial charge on any atom is -0.392 e. The summed E-state index contributed by atoms with van der Waals surface area (Å²) < 4.78 is 26.8. The van der Waals surface area contributed by atoms with Gasteiger partial charge in [-0.3, -0.25) is 0 Å². The topological polar surface area (TPSA) is 92.2 Å². The maximum absolute atomic E-state index is 12.2. The van der Waals surface area contributed by atoms with E-state index in [1.807, 2.05) is 0 Å². The number of nitrogens with zero attached hydrogens (tertiary/aromatic N) is 2. The van der Waals surface area contributed by atoms with Crippen LogP contribution < -0.4 is 4.72 Å². The summed E-state index contributed by atoms with van der Waals surface area (Å²) in [7, 11) is -3.86. The molecule has 1 heterocycles. The molecule has 0 radical (unpaired) electrons. The van der Waals surface area contributed by atoms with Gasteiger partial charge in [0, 0.05) is 11.2 Å². The largest absolute Gasteiger partial charge is 0.392 e. The van der Waals surface area contributed by atoms with Gasteiger partial charge in [-0.15, -0.1) is 0 Å². The number of hydrogen-bond acceptors (Lipinski definition) is 5. The number of halogens is 2. The highest BCUT2D eigenvalue weighted by atomic mass is 35.5. The first-order valence-electron chi connectivity index (χ1n) is 5.79. The number of rotatable bonds is 5. The van der Waals surface area contributed by atoms with Crippen molar-refractivity contribution < 1.29 is 13.5 Å². The summed E-state index contributed by atoms with van der Waals surface area (Å²) in [6.07, 6.45) is 1.49. The van der Waals surface area contributed by atoms with Crippen molar-refractivity contribution in [2.45, 2.75) is 18.0 Å². The quantitative estimate of drug-likeness (QED) is 0.859. The van der Waals surface area contributed by atoms with Crippen molar-refractivity contribution in [1.29, 1.82) is 0 Å². The maximum atomic E-state index is 12.2. The zero-order valence-electron chi connectivity index (χ0n) is 10.6. The van der Waals surface area contributed by atoms with E-state index in [2.05, 4.69) is 14.9 Å². The van der Waals surface area contributed by atoms with E-state index >= 15 is 0 Å². The molecule has 1 aromatic carbocycles. The second kappa shape index (κ2) is 6.67. The molecule has 112 valence electrons. The number of benzene rings is 1. The first-order chi connectivity index (χ1) is 9.94. The Hall–Kier alpha value is -1.25. The van der Waals surface area contributed by atoms with Gasteiger partial charge in [0.05, 0.1) is 23.9 Å². The monoisotopic (exact) mass is 347 g/mol. The van der Waals surface area contributed by atoms with Crippen LogP contribution in [-0.4, -0.2) is 23.7 Å². The van der Waals surface area contributed by atoms with Crippen LogP contribution in [0, 0.1) is 0 Å². The Labute approximate surface area is 131 Å². The van der Waals surface area contributed by atoms with E-state index in [0.29, 0.717) is 5.69 Å². The first-order valence-corrected chi connectivity index (χ1v) is 8.03. The molecule has 2 N–H and O–H groups in total. The third-order valence-electron chi connectivity index (χ3n) is 2.63. The van der Waals surface area contributed by atoms with E-state index in [9.17, 15) is 8.42 Å². The van der Waals surface area contributed by atoms with Gasteiger partial charge < -0.3 is 5.11 Å². The minimum absolute atomic E-state index is 0.0242. The molecule has 0 aliphatic rings. The summed E-state index contributed by atoms with van der Waals surface area (Å²) in [5, 5.41) is 16.8. The third-order valence-corrected chi connectivity index (χ3v) is 4.85. The summed E-state index contributed by atoms with van der Waals surface area (Å²) in [4.78, 5) is -0.151. The highest BCUT2D eigenvalue weighted by Crippen LogP contribution is 2.28. The van der Waals surface area contributed by atoms with Crippen molar-refractivity contribution in [2.24, 2.45) is 0 Å². The van der Waals surface area contributed by atoms with Crippen LogP contribution in [0.2, 0.25) is 10.0 Å². The average molecular weight is 348 g/mol. The van der Waals surface area contributed by atoms with E-state index in [0.717, 1.165) is 0 Å². The Morgan fingerprint density at radius 2 is 2.00 bits per heavy atom. The van der Waals surface area contributed by atoms with Crippen LogP contribution >= 0.6 is 23.2 Å². The molecular weight excluding hydrogens is 337 g/mol. The summed E-state index contributed by atoms with van der Waals surface area (Å²) in [6, 6.07) is 5.81. The zero-order valence-corrected chi connectivity index (χ0v) is 13.0. The number of aliphatic hydroxyl groups is 1. The molecule has 0 fully saturated rings. The van der Waals surface area contributed by atoms with Crippen LogP contribution in [0.3, 0.4) is 0 Å². The second-order valence-electron chi connectivity index (χ2n) is 4.07. The predicted molar refractivity (Wildman–Crippen MR) is 78.4 cm³/mol.